The molecule has 0 radical (unpaired) electrons. The molecule has 0 amide bonds. The van der Waals surface area contributed by atoms with Crippen LogP contribution in [-0.4, -0.2) is 46.7 Å². The average molecular weight is 500 g/mol. The molecule has 0 atom stereocenters. The molecule has 6 heterocycles. The molecule has 0 saturated heterocycles. The van der Waals surface area contributed by atoms with Crippen LogP contribution in [0.2, 0.25) is 63.7 Å². The summed E-state index contributed by atoms with van der Waals surface area (Å²) in [6, 6.07) is 7.08. The topological polar surface area (TPSA) is 30.2 Å². The van der Waals surface area contributed by atoms with Gasteiger partial charge in [0.2, 0.25) is 0 Å². The Morgan fingerprint density at radius 3 is 1.48 bits per heavy atom. The average Bonchev–Trinajstić information content (AvgIpc) is 3.33. The van der Waals surface area contributed by atoms with Crippen molar-refractivity contribution in [1.82, 2.24) is 14.4 Å². The Morgan fingerprint density at radius 1 is 0.636 bits per heavy atom. The van der Waals surface area contributed by atoms with Crippen molar-refractivity contribution in [2.45, 2.75) is 63.7 Å². The second kappa shape index (κ2) is 5.70. The van der Waals surface area contributed by atoms with Crippen molar-refractivity contribution in [3.05, 3.63) is 30.6 Å². The number of hydrogen-bond donors (Lipinski definition) is 0. The summed E-state index contributed by atoms with van der Waals surface area (Å²) in [5.41, 5.74) is 6.88. The molecule has 0 bridgehead atoms. The largest absolute Gasteiger partial charge is 0.305 e. The van der Waals surface area contributed by atoms with Crippen LogP contribution in [0.1, 0.15) is 0 Å². The first-order valence-electron chi connectivity index (χ1n) is 12.4. The van der Waals surface area contributed by atoms with Crippen molar-refractivity contribution in [3.8, 4) is 0 Å². The van der Waals surface area contributed by atoms with Crippen LogP contribution in [0.3, 0.4) is 0 Å². The number of pyridine rings is 2. The molecule has 0 spiro atoms. The van der Waals surface area contributed by atoms with Gasteiger partial charge < -0.3 is 4.40 Å². The molecule has 2 aliphatic heterocycles. The van der Waals surface area contributed by atoms with Gasteiger partial charge in [-0.15, -0.1) is 0 Å². The first kappa shape index (κ1) is 20.6. The van der Waals surface area contributed by atoms with E-state index in [0.29, 0.717) is 0 Å². The fraction of sp³-hybridized carbons (Fsp3) is 0.385. The van der Waals surface area contributed by atoms with E-state index in [1.54, 1.807) is 10.4 Å². The van der Waals surface area contributed by atoms with Gasteiger partial charge in [-0.3, -0.25) is 9.97 Å². The standard InChI is InChI=1S/C26H33N3Si4/c1-30(2)14-32(5,6)25-23(30)20-16-10-9-11-17-21-19(29(22(16)17)18(20)12-27-25)13-28-26-24(21)31(3,4)15-33(26,7)8/h9-13H,14-15H2,1-8H3. The maximum Gasteiger partial charge on any atom is 0.102 e. The molecule has 33 heavy (non-hydrogen) atoms. The Balaban J connectivity index is 1.74. The summed E-state index contributed by atoms with van der Waals surface area (Å²) in [7, 11) is -5.99. The minimum atomic E-state index is -1.53. The third kappa shape index (κ3) is 2.30. The Morgan fingerprint density at radius 2 is 1.06 bits per heavy atom. The van der Waals surface area contributed by atoms with E-state index in [9.17, 15) is 0 Å². The van der Waals surface area contributed by atoms with Gasteiger partial charge in [-0.2, -0.15) is 0 Å². The van der Waals surface area contributed by atoms with Crippen LogP contribution in [0.15, 0.2) is 30.6 Å². The molecular formula is C26H33N3Si4. The highest BCUT2D eigenvalue weighted by atomic mass is 28.4. The highest BCUT2D eigenvalue weighted by Crippen LogP contribution is 2.41. The summed E-state index contributed by atoms with van der Waals surface area (Å²) in [6.45, 7) is 20.4. The van der Waals surface area contributed by atoms with Crippen LogP contribution < -0.4 is 21.0 Å². The number of aromatic nitrogens is 3. The molecule has 0 fully saturated rings. The van der Waals surface area contributed by atoms with E-state index in [-0.39, 0.29) is 0 Å². The molecule has 0 N–H and O–H groups in total. The minimum Gasteiger partial charge on any atom is -0.305 e. The summed E-state index contributed by atoms with van der Waals surface area (Å²) < 4.78 is 2.55. The molecule has 7 rings (SSSR count). The second-order valence-electron chi connectivity index (χ2n) is 13.4. The van der Waals surface area contributed by atoms with E-state index < -0.39 is 32.3 Å². The number of fused-ring (bicyclic) bond motifs is 10. The number of para-hydroxylation sites is 1. The van der Waals surface area contributed by atoms with Crippen LogP contribution in [0.5, 0.6) is 0 Å². The van der Waals surface area contributed by atoms with Gasteiger partial charge in [-0.05, 0) is 10.4 Å². The predicted octanol–water partition coefficient (Wildman–Crippen LogP) is 4.39. The van der Waals surface area contributed by atoms with Crippen molar-refractivity contribution in [2.24, 2.45) is 0 Å². The van der Waals surface area contributed by atoms with Gasteiger partial charge in [0.25, 0.3) is 0 Å². The Bertz CT molecular complexity index is 1560. The lowest BCUT2D eigenvalue weighted by atomic mass is 10.1. The van der Waals surface area contributed by atoms with Crippen molar-refractivity contribution in [1.29, 1.82) is 0 Å². The first-order chi connectivity index (χ1) is 15.4. The van der Waals surface area contributed by atoms with E-state index in [0.717, 1.165) is 0 Å². The summed E-state index contributed by atoms with van der Waals surface area (Å²) in [6.07, 6.45) is 4.43. The molecule has 5 aromatic rings. The van der Waals surface area contributed by atoms with Crippen molar-refractivity contribution in [2.75, 3.05) is 0 Å². The minimum absolute atomic E-state index is 1.32. The Labute approximate surface area is 199 Å². The third-order valence-electron chi connectivity index (χ3n) is 8.80. The molecule has 1 aromatic carbocycles. The zero-order valence-corrected chi connectivity index (χ0v) is 25.1. The molecule has 2 aliphatic rings. The van der Waals surface area contributed by atoms with Gasteiger partial charge >= 0.3 is 0 Å². The monoisotopic (exact) mass is 499 g/mol. The molecule has 7 heteroatoms. The van der Waals surface area contributed by atoms with Crippen LogP contribution in [0.25, 0.3) is 38.1 Å². The number of rotatable bonds is 0. The third-order valence-corrected chi connectivity index (χ3v) is 30.4. The van der Waals surface area contributed by atoms with E-state index >= 15 is 0 Å². The molecule has 3 nitrogen and oxygen atoms in total. The number of nitrogens with zero attached hydrogens (tertiary/aromatic N) is 3. The zero-order valence-electron chi connectivity index (χ0n) is 21.1. The van der Waals surface area contributed by atoms with Crippen molar-refractivity contribution in [3.63, 3.8) is 0 Å². The summed E-state index contributed by atoms with van der Waals surface area (Å²) in [5, 5.41) is 12.2. The lowest BCUT2D eigenvalue weighted by molar-refractivity contribution is 1.30. The van der Waals surface area contributed by atoms with Gasteiger partial charge in [0.15, 0.2) is 0 Å². The molecule has 0 saturated carbocycles. The zero-order chi connectivity index (χ0) is 23.3. The molecule has 168 valence electrons. The fourth-order valence-electron chi connectivity index (χ4n) is 8.34. The SMILES string of the molecule is C[Si]1(C)C[Si](C)(C)c2c1ncc1c2c2cccc3c4c5c(ncc4n1c23)[Si](C)(C)C[Si]5(C)C. The quantitative estimate of drug-likeness (QED) is 0.296. The maximum absolute atomic E-state index is 5.23. The van der Waals surface area contributed by atoms with Crippen LogP contribution >= 0.6 is 0 Å². The van der Waals surface area contributed by atoms with Crippen LogP contribution in [-0.2, 0) is 0 Å². The molecule has 4 aromatic heterocycles. The van der Waals surface area contributed by atoms with E-state index in [1.165, 1.54) is 60.1 Å². The lowest BCUT2D eigenvalue weighted by Crippen LogP contribution is -2.46. The fourth-order valence-corrected chi connectivity index (χ4v) is 38.6. The first-order valence-corrected chi connectivity index (χ1v) is 25.2. The van der Waals surface area contributed by atoms with E-state index in [4.69, 9.17) is 9.97 Å². The number of benzene rings is 1. The number of hydrogen-bond acceptors (Lipinski definition) is 2. The maximum atomic E-state index is 5.23. The Hall–Kier alpha value is -1.81. The van der Waals surface area contributed by atoms with Crippen molar-refractivity contribution >= 4 is 91.4 Å². The lowest BCUT2D eigenvalue weighted by Gasteiger charge is -2.19. The van der Waals surface area contributed by atoms with Crippen molar-refractivity contribution < 1.29 is 0 Å². The highest BCUT2D eigenvalue weighted by Gasteiger charge is 2.49. The van der Waals surface area contributed by atoms with Crippen LogP contribution in [0.4, 0.5) is 0 Å². The van der Waals surface area contributed by atoms with E-state index in [1.807, 2.05) is 0 Å². The van der Waals surface area contributed by atoms with Gasteiger partial charge in [-0.1, -0.05) is 81.9 Å². The summed E-state index contributed by atoms with van der Waals surface area (Å²) in [4.78, 5) is 10.5. The Kier molecular flexibility index (Phi) is 3.55. The van der Waals surface area contributed by atoms with Crippen LogP contribution in [0, 0.1) is 0 Å². The van der Waals surface area contributed by atoms with Gasteiger partial charge in [0.05, 0.1) is 45.1 Å². The normalized spacial score (nSPS) is 22.1. The summed E-state index contributed by atoms with van der Waals surface area (Å²) in [5.74, 6) is 0. The molecule has 0 aliphatic carbocycles. The van der Waals surface area contributed by atoms with Gasteiger partial charge in [0, 0.05) is 32.2 Å². The second-order valence-corrected chi connectivity index (χ2v) is 33.3. The highest BCUT2D eigenvalue weighted by molar-refractivity contribution is 7.15. The summed E-state index contributed by atoms with van der Waals surface area (Å²) >= 11 is 0. The van der Waals surface area contributed by atoms with Gasteiger partial charge in [0.1, 0.15) is 16.1 Å². The predicted molar refractivity (Wildman–Crippen MR) is 155 cm³/mol. The van der Waals surface area contributed by atoms with E-state index in [2.05, 4.69) is 87.4 Å². The van der Waals surface area contributed by atoms with Gasteiger partial charge in [-0.25, -0.2) is 0 Å². The molecule has 0 unspecified atom stereocenters. The molecular weight excluding hydrogens is 467 g/mol. The smallest absolute Gasteiger partial charge is 0.102 e.